The van der Waals surface area contributed by atoms with Gasteiger partial charge in [-0.2, -0.15) is 0 Å². The van der Waals surface area contributed by atoms with E-state index in [1.165, 1.54) is 25.8 Å². The van der Waals surface area contributed by atoms with Crippen LogP contribution in [0.5, 0.6) is 0 Å². The molecule has 3 atom stereocenters. The van der Waals surface area contributed by atoms with E-state index in [0.717, 1.165) is 6.54 Å². The summed E-state index contributed by atoms with van der Waals surface area (Å²) in [6.07, 6.45) is 4.77. The molecule has 3 saturated heterocycles. The Morgan fingerprint density at radius 1 is 1.38 bits per heavy atom. The van der Waals surface area contributed by atoms with Crippen LogP contribution in [0.2, 0.25) is 0 Å². The molecule has 0 unspecified atom stereocenters. The van der Waals surface area contributed by atoms with Gasteiger partial charge in [-0.15, -0.1) is 0 Å². The molecular formula is C10H15NO2. The van der Waals surface area contributed by atoms with Crippen LogP contribution in [0.4, 0.5) is 0 Å². The lowest BCUT2D eigenvalue weighted by molar-refractivity contribution is -0.143. The molecule has 3 rings (SSSR count). The molecule has 0 radical (unpaired) electrons. The van der Waals surface area contributed by atoms with Crippen molar-refractivity contribution in [1.82, 2.24) is 4.90 Å². The molecule has 3 aliphatic heterocycles. The van der Waals surface area contributed by atoms with Crippen molar-refractivity contribution in [2.75, 3.05) is 13.1 Å². The van der Waals surface area contributed by atoms with Crippen LogP contribution in [-0.2, 0) is 9.53 Å². The summed E-state index contributed by atoms with van der Waals surface area (Å²) >= 11 is 0. The molecule has 3 heterocycles. The topological polar surface area (TPSA) is 29.5 Å². The van der Waals surface area contributed by atoms with Crippen molar-refractivity contribution >= 4 is 5.97 Å². The SMILES string of the molecule is O=C1C[C@@H]2CN3CCCC[C@H]3[C@@H]2O1. The molecule has 0 saturated carbocycles. The summed E-state index contributed by atoms with van der Waals surface area (Å²) < 4.78 is 5.37. The first-order valence-corrected chi connectivity index (χ1v) is 5.28. The summed E-state index contributed by atoms with van der Waals surface area (Å²) in [5, 5.41) is 0. The van der Waals surface area contributed by atoms with Gasteiger partial charge in [-0.05, 0) is 19.4 Å². The number of fused-ring (bicyclic) bond motifs is 3. The molecule has 72 valence electrons. The fourth-order valence-electron chi connectivity index (χ4n) is 3.10. The maximum Gasteiger partial charge on any atom is 0.306 e. The Labute approximate surface area is 78.0 Å². The van der Waals surface area contributed by atoms with Crippen LogP contribution in [0.25, 0.3) is 0 Å². The smallest absolute Gasteiger partial charge is 0.306 e. The summed E-state index contributed by atoms with van der Waals surface area (Å²) in [5.74, 6) is 0.538. The van der Waals surface area contributed by atoms with Crippen LogP contribution < -0.4 is 0 Å². The zero-order valence-electron chi connectivity index (χ0n) is 7.74. The largest absolute Gasteiger partial charge is 0.460 e. The molecule has 0 aromatic carbocycles. The Morgan fingerprint density at radius 2 is 2.31 bits per heavy atom. The van der Waals surface area contributed by atoms with Gasteiger partial charge in [0.2, 0.25) is 0 Å². The number of rotatable bonds is 0. The highest BCUT2D eigenvalue weighted by atomic mass is 16.6. The highest BCUT2D eigenvalue weighted by Crippen LogP contribution is 2.38. The van der Waals surface area contributed by atoms with Gasteiger partial charge in [-0.25, -0.2) is 0 Å². The van der Waals surface area contributed by atoms with Crippen LogP contribution >= 0.6 is 0 Å². The number of esters is 1. The summed E-state index contributed by atoms with van der Waals surface area (Å²) in [6.45, 7) is 2.32. The minimum absolute atomic E-state index is 0.0280. The van der Waals surface area contributed by atoms with E-state index in [0.29, 0.717) is 18.4 Å². The normalized spacial score (nSPS) is 44.3. The summed E-state index contributed by atoms with van der Waals surface area (Å²) in [5.41, 5.74) is 0. The average molecular weight is 181 g/mol. The molecule has 0 aromatic heterocycles. The van der Waals surface area contributed by atoms with Crippen LogP contribution in [-0.4, -0.2) is 36.1 Å². The minimum Gasteiger partial charge on any atom is -0.460 e. The van der Waals surface area contributed by atoms with Crippen molar-refractivity contribution in [3.8, 4) is 0 Å². The summed E-state index contributed by atoms with van der Waals surface area (Å²) in [6, 6.07) is 0.560. The van der Waals surface area contributed by atoms with Crippen molar-refractivity contribution in [1.29, 1.82) is 0 Å². The van der Waals surface area contributed by atoms with E-state index in [1.54, 1.807) is 0 Å². The molecule has 0 amide bonds. The Kier molecular flexibility index (Phi) is 1.62. The second-order valence-electron chi connectivity index (χ2n) is 4.48. The zero-order valence-corrected chi connectivity index (χ0v) is 7.74. The molecule has 0 bridgehead atoms. The lowest BCUT2D eigenvalue weighted by Crippen LogP contribution is -2.39. The van der Waals surface area contributed by atoms with Crippen molar-refractivity contribution in [3.63, 3.8) is 0 Å². The van der Waals surface area contributed by atoms with Gasteiger partial charge >= 0.3 is 5.97 Å². The fraction of sp³-hybridized carbons (Fsp3) is 0.900. The van der Waals surface area contributed by atoms with Gasteiger partial charge in [0.05, 0.1) is 6.42 Å². The van der Waals surface area contributed by atoms with Crippen molar-refractivity contribution < 1.29 is 9.53 Å². The van der Waals surface area contributed by atoms with Crippen LogP contribution in [0.1, 0.15) is 25.7 Å². The average Bonchev–Trinajstić information content (AvgIpc) is 2.60. The van der Waals surface area contributed by atoms with Gasteiger partial charge < -0.3 is 4.74 Å². The van der Waals surface area contributed by atoms with Crippen molar-refractivity contribution in [3.05, 3.63) is 0 Å². The van der Waals surface area contributed by atoms with E-state index in [-0.39, 0.29) is 12.1 Å². The zero-order chi connectivity index (χ0) is 8.84. The standard InChI is InChI=1S/C10H15NO2/c12-9-5-7-6-11-4-2-1-3-8(11)10(7)13-9/h7-8,10H,1-6H2/t7-,8+,10-/m1/s1. The highest BCUT2D eigenvalue weighted by molar-refractivity contribution is 5.72. The third-order valence-electron chi connectivity index (χ3n) is 3.67. The lowest BCUT2D eigenvalue weighted by atomic mass is 9.97. The van der Waals surface area contributed by atoms with E-state index < -0.39 is 0 Å². The number of piperidine rings is 1. The van der Waals surface area contributed by atoms with E-state index in [4.69, 9.17) is 4.74 Å². The van der Waals surface area contributed by atoms with Crippen molar-refractivity contribution in [2.24, 2.45) is 5.92 Å². The third-order valence-corrected chi connectivity index (χ3v) is 3.67. The Morgan fingerprint density at radius 3 is 3.23 bits per heavy atom. The Hall–Kier alpha value is -0.570. The molecule has 3 aliphatic rings. The number of carbonyl (C=O) groups is 1. The predicted octanol–water partition coefficient (Wildman–Crippen LogP) is 0.786. The fourth-order valence-corrected chi connectivity index (χ4v) is 3.10. The Bertz CT molecular complexity index is 241. The minimum atomic E-state index is 0.0280. The van der Waals surface area contributed by atoms with E-state index in [2.05, 4.69) is 4.90 Å². The number of hydrogen-bond acceptors (Lipinski definition) is 3. The third kappa shape index (κ3) is 1.10. The van der Waals surface area contributed by atoms with Gasteiger partial charge in [0, 0.05) is 18.5 Å². The molecule has 13 heavy (non-hydrogen) atoms. The highest BCUT2D eigenvalue weighted by Gasteiger charge is 2.49. The first kappa shape index (κ1) is 7.80. The van der Waals surface area contributed by atoms with Gasteiger partial charge in [0.15, 0.2) is 0 Å². The predicted molar refractivity (Wildman–Crippen MR) is 47.2 cm³/mol. The molecule has 3 fully saturated rings. The second kappa shape index (κ2) is 2.71. The van der Waals surface area contributed by atoms with E-state index in [1.807, 2.05) is 0 Å². The van der Waals surface area contributed by atoms with Crippen LogP contribution in [0.3, 0.4) is 0 Å². The first-order chi connectivity index (χ1) is 6.34. The molecule has 0 N–H and O–H groups in total. The molecule has 0 aromatic rings. The summed E-state index contributed by atoms with van der Waals surface area (Å²) in [7, 11) is 0. The van der Waals surface area contributed by atoms with Crippen LogP contribution in [0.15, 0.2) is 0 Å². The lowest BCUT2D eigenvalue weighted by Gasteiger charge is -2.31. The van der Waals surface area contributed by atoms with E-state index >= 15 is 0 Å². The molecule has 3 nitrogen and oxygen atoms in total. The molecule has 0 aliphatic carbocycles. The van der Waals surface area contributed by atoms with Crippen LogP contribution in [0, 0.1) is 5.92 Å². The number of nitrogens with zero attached hydrogens (tertiary/aromatic N) is 1. The molecular weight excluding hydrogens is 166 g/mol. The second-order valence-corrected chi connectivity index (χ2v) is 4.48. The van der Waals surface area contributed by atoms with Gasteiger partial charge in [-0.3, -0.25) is 9.69 Å². The number of hydrogen-bond donors (Lipinski definition) is 0. The maximum absolute atomic E-state index is 11.1. The number of carbonyl (C=O) groups excluding carboxylic acids is 1. The van der Waals surface area contributed by atoms with Gasteiger partial charge in [0.25, 0.3) is 0 Å². The van der Waals surface area contributed by atoms with Gasteiger partial charge in [-0.1, -0.05) is 6.42 Å². The Balaban J connectivity index is 1.80. The van der Waals surface area contributed by atoms with Gasteiger partial charge in [0.1, 0.15) is 6.10 Å². The van der Waals surface area contributed by atoms with E-state index in [9.17, 15) is 4.79 Å². The molecule has 3 heteroatoms. The van der Waals surface area contributed by atoms with Crippen molar-refractivity contribution in [2.45, 2.75) is 37.8 Å². The quantitative estimate of drug-likeness (QED) is 0.517. The summed E-state index contributed by atoms with van der Waals surface area (Å²) in [4.78, 5) is 13.6. The first-order valence-electron chi connectivity index (χ1n) is 5.28. The maximum atomic E-state index is 11.1. The molecule has 0 spiro atoms. The number of ether oxygens (including phenoxy) is 1. The monoisotopic (exact) mass is 181 g/mol.